The molecule has 3 rings (SSSR count). The fraction of sp³-hybridized carbons (Fsp3) is 0. The summed E-state index contributed by atoms with van der Waals surface area (Å²) in [6.45, 7) is 0. The molecule has 0 fully saturated rings. The van der Waals surface area contributed by atoms with Gasteiger partial charge in [0.2, 0.25) is 0 Å². The molecular formula is C17H11ClN4O4S. The van der Waals surface area contributed by atoms with Gasteiger partial charge in [-0.2, -0.15) is 0 Å². The van der Waals surface area contributed by atoms with Crippen LogP contribution in [0.25, 0.3) is 0 Å². The zero-order valence-electron chi connectivity index (χ0n) is 13.5. The van der Waals surface area contributed by atoms with Crippen LogP contribution >= 0.6 is 22.9 Å². The van der Waals surface area contributed by atoms with E-state index in [0.29, 0.717) is 5.13 Å². The molecule has 27 heavy (non-hydrogen) atoms. The van der Waals surface area contributed by atoms with Gasteiger partial charge in [0.05, 0.1) is 16.2 Å². The summed E-state index contributed by atoms with van der Waals surface area (Å²) in [6.07, 6.45) is 1.56. The van der Waals surface area contributed by atoms with E-state index in [4.69, 9.17) is 11.6 Å². The Morgan fingerprint density at radius 2 is 1.89 bits per heavy atom. The summed E-state index contributed by atoms with van der Waals surface area (Å²) < 4.78 is 0. The fourth-order valence-corrected chi connectivity index (χ4v) is 2.94. The summed E-state index contributed by atoms with van der Waals surface area (Å²) in [6, 6.07) is 10.1. The van der Waals surface area contributed by atoms with Gasteiger partial charge in [-0.1, -0.05) is 23.7 Å². The van der Waals surface area contributed by atoms with Crippen molar-refractivity contribution in [3.8, 4) is 0 Å². The number of thiazole rings is 1. The number of carbonyl (C=O) groups excluding carboxylic acids is 2. The number of benzene rings is 2. The predicted octanol–water partition coefficient (Wildman–Crippen LogP) is 4.21. The van der Waals surface area contributed by atoms with Crippen molar-refractivity contribution >= 4 is 51.3 Å². The summed E-state index contributed by atoms with van der Waals surface area (Å²) in [5.74, 6) is -1.05. The summed E-state index contributed by atoms with van der Waals surface area (Å²) in [5.41, 5.74) is 0.152. The van der Waals surface area contributed by atoms with Crippen molar-refractivity contribution < 1.29 is 14.5 Å². The lowest BCUT2D eigenvalue weighted by Crippen LogP contribution is -2.18. The molecule has 136 valence electrons. The van der Waals surface area contributed by atoms with Crippen LogP contribution in [0, 0.1) is 10.1 Å². The molecule has 0 saturated heterocycles. The highest BCUT2D eigenvalue weighted by Crippen LogP contribution is 2.26. The number of nitro benzene ring substituents is 1. The van der Waals surface area contributed by atoms with Gasteiger partial charge in [-0.15, -0.1) is 11.3 Å². The largest absolute Gasteiger partial charge is 0.321 e. The predicted molar refractivity (Wildman–Crippen MR) is 103 cm³/mol. The number of nitrogens with zero attached hydrogens (tertiary/aromatic N) is 2. The van der Waals surface area contributed by atoms with Crippen molar-refractivity contribution in [2.75, 3.05) is 10.6 Å². The number of halogens is 1. The fourth-order valence-electron chi connectivity index (χ4n) is 2.23. The molecule has 0 unspecified atom stereocenters. The van der Waals surface area contributed by atoms with Crippen molar-refractivity contribution in [2.24, 2.45) is 0 Å². The second-order valence-electron chi connectivity index (χ2n) is 5.21. The van der Waals surface area contributed by atoms with Gasteiger partial charge >= 0.3 is 0 Å². The molecule has 0 atom stereocenters. The summed E-state index contributed by atoms with van der Waals surface area (Å²) in [5, 5.41) is 18.3. The SMILES string of the molecule is O=C(Nc1ccccc1C(=O)Nc1nccs1)c1ccc(Cl)c([N+](=O)[O-])c1. The van der Waals surface area contributed by atoms with Gasteiger partial charge in [-0.05, 0) is 24.3 Å². The number of aromatic nitrogens is 1. The van der Waals surface area contributed by atoms with Gasteiger partial charge in [0, 0.05) is 23.2 Å². The summed E-state index contributed by atoms with van der Waals surface area (Å²) >= 11 is 7.02. The van der Waals surface area contributed by atoms with Crippen LogP contribution in [0.4, 0.5) is 16.5 Å². The number of rotatable bonds is 5. The molecule has 0 bridgehead atoms. The van der Waals surface area contributed by atoms with E-state index in [2.05, 4.69) is 15.6 Å². The molecule has 8 nitrogen and oxygen atoms in total. The molecule has 0 spiro atoms. The van der Waals surface area contributed by atoms with E-state index in [0.717, 1.165) is 6.07 Å². The van der Waals surface area contributed by atoms with Crippen LogP contribution in [0.15, 0.2) is 54.0 Å². The number of para-hydroxylation sites is 1. The molecule has 0 aliphatic heterocycles. The number of nitrogens with one attached hydrogen (secondary N) is 2. The van der Waals surface area contributed by atoms with E-state index in [1.165, 1.54) is 23.5 Å². The molecule has 0 aliphatic carbocycles. The van der Waals surface area contributed by atoms with Crippen molar-refractivity contribution in [1.29, 1.82) is 0 Å². The molecular weight excluding hydrogens is 392 g/mol. The summed E-state index contributed by atoms with van der Waals surface area (Å²) in [7, 11) is 0. The van der Waals surface area contributed by atoms with E-state index in [-0.39, 0.29) is 27.5 Å². The number of hydrogen-bond donors (Lipinski definition) is 2. The Balaban J connectivity index is 1.84. The number of anilines is 2. The van der Waals surface area contributed by atoms with Crippen LogP contribution in [0.2, 0.25) is 5.02 Å². The van der Waals surface area contributed by atoms with E-state index in [1.807, 2.05) is 0 Å². The van der Waals surface area contributed by atoms with E-state index >= 15 is 0 Å². The number of hydrogen-bond acceptors (Lipinski definition) is 6. The maximum atomic E-state index is 12.5. The van der Waals surface area contributed by atoms with E-state index in [1.54, 1.807) is 35.8 Å². The quantitative estimate of drug-likeness (QED) is 0.490. The van der Waals surface area contributed by atoms with Gasteiger partial charge in [0.1, 0.15) is 5.02 Å². The van der Waals surface area contributed by atoms with Crippen LogP contribution in [0.5, 0.6) is 0 Å². The second-order valence-corrected chi connectivity index (χ2v) is 6.52. The number of amides is 2. The Morgan fingerprint density at radius 1 is 1.11 bits per heavy atom. The average molecular weight is 403 g/mol. The Kier molecular flexibility index (Phi) is 5.43. The Bertz CT molecular complexity index is 1020. The minimum Gasteiger partial charge on any atom is -0.321 e. The molecule has 10 heteroatoms. The zero-order valence-corrected chi connectivity index (χ0v) is 15.1. The van der Waals surface area contributed by atoms with Crippen molar-refractivity contribution in [3.63, 3.8) is 0 Å². The number of nitro groups is 1. The molecule has 1 heterocycles. The number of carbonyl (C=O) groups is 2. The molecule has 2 N–H and O–H groups in total. The van der Waals surface area contributed by atoms with Crippen molar-refractivity contribution in [2.45, 2.75) is 0 Å². The normalized spacial score (nSPS) is 10.3. The van der Waals surface area contributed by atoms with E-state index in [9.17, 15) is 19.7 Å². The minimum absolute atomic E-state index is 0.0428. The first kappa shape index (κ1) is 18.5. The minimum atomic E-state index is -0.672. The highest BCUT2D eigenvalue weighted by atomic mass is 35.5. The molecule has 2 amide bonds. The lowest BCUT2D eigenvalue weighted by Gasteiger charge is -2.10. The maximum absolute atomic E-state index is 12.5. The van der Waals surface area contributed by atoms with Crippen molar-refractivity contribution in [3.05, 3.63) is 80.3 Å². The Hall–Kier alpha value is -3.30. The van der Waals surface area contributed by atoms with Crippen LogP contribution in [0.3, 0.4) is 0 Å². The first-order valence-electron chi connectivity index (χ1n) is 7.51. The molecule has 0 aliphatic rings. The Morgan fingerprint density at radius 3 is 2.59 bits per heavy atom. The first-order chi connectivity index (χ1) is 13.0. The second kappa shape index (κ2) is 7.94. The highest BCUT2D eigenvalue weighted by Gasteiger charge is 2.18. The van der Waals surface area contributed by atoms with Crippen LogP contribution in [-0.4, -0.2) is 21.7 Å². The molecule has 1 aromatic heterocycles. The molecule has 3 aromatic rings. The van der Waals surface area contributed by atoms with Gasteiger partial charge in [-0.3, -0.25) is 25.0 Å². The van der Waals surface area contributed by atoms with Gasteiger partial charge in [-0.25, -0.2) is 4.98 Å². The van der Waals surface area contributed by atoms with Gasteiger partial charge < -0.3 is 5.32 Å². The average Bonchev–Trinajstić information content (AvgIpc) is 3.15. The molecule has 2 aromatic carbocycles. The molecule has 0 radical (unpaired) electrons. The van der Waals surface area contributed by atoms with Crippen molar-refractivity contribution in [1.82, 2.24) is 4.98 Å². The highest BCUT2D eigenvalue weighted by molar-refractivity contribution is 7.13. The maximum Gasteiger partial charge on any atom is 0.288 e. The smallest absolute Gasteiger partial charge is 0.288 e. The standard InChI is InChI=1S/C17H11ClN4O4S/c18-12-6-5-10(9-14(12)22(25)26)15(23)20-13-4-2-1-3-11(13)16(24)21-17-19-7-8-27-17/h1-9H,(H,20,23)(H,19,21,24). The third-order valence-corrected chi connectivity index (χ3v) is 4.49. The Labute approximate surface area is 162 Å². The van der Waals surface area contributed by atoms with Gasteiger partial charge in [0.15, 0.2) is 5.13 Å². The molecule has 0 saturated carbocycles. The third-order valence-electron chi connectivity index (χ3n) is 3.48. The van der Waals surface area contributed by atoms with Crippen LogP contribution in [-0.2, 0) is 0 Å². The van der Waals surface area contributed by atoms with E-state index < -0.39 is 16.7 Å². The monoisotopic (exact) mass is 402 g/mol. The lowest BCUT2D eigenvalue weighted by molar-refractivity contribution is -0.384. The van der Waals surface area contributed by atoms with Crippen LogP contribution < -0.4 is 10.6 Å². The summed E-state index contributed by atoms with van der Waals surface area (Å²) in [4.78, 5) is 39.2. The lowest BCUT2D eigenvalue weighted by atomic mass is 10.1. The zero-order chi connectivity index (χ0) is 19.4. The first-order valence-corrected chi connectivity index (χ1v) is 8.76. The topological polar surface area (TPSA) is 114 Å². The third kappa shape index (κ3) is 4.27. The van der Waals surface area contributed by atoms with Gasteiger partial charge in [0.25, 0.3) is 17.5 Å². The van der Waals surface area contributed by atoms with Crippen LogP contribution in [0.1, 0.15) is 20.7 Å².